The highest BCUT2D eigenvalue weighted by atomic mass is 16.2. The standard InChI is InChI=1S/C16H21N3O2/c1-3-12-6-4-8-17-13(12)10-19-11(2)15(20)18-9-5-7-14(18)16(19)21/h4,6,8,11,14H,3,5,7,9-10H2,1-2H3. The molecule has 3 heterocycles. The van der Waals surface area contributed by atoms with Crippen molar-refractivity contribution in [2.24, 2.45) is 0 Å². The fourth-order valence-corrected chi connectivity index (χ4v) is 3.35. The smallest absolute Gasteiger partial charge is 0.246 e. The van der Waals surface area contributed by atoms with Gasteiger partial charge in [0.05, 0.1) is 12.2 Å². The van der Waals surface area contributed by atoms with Crippen LogP contribution in [-0.2, 0) is 22.6 Å². The maximum atomic E-state index is 12.7. The molecule has 2 aliphatic rings. The lowest BCUT2D eigenvalue weighted by Gasteiger charge is -2.40. The van der Waals surface area contributed by atoms with E-state index in [-0.39, 0.29) is 17.9 Å². The maximum Gasteiger partial charge on any atom is 0.246 e. The van der Waals surface area contributed by atoms with E-state index in [4.69, 9.17) is 0 Å². The van der Waals surface area contributed by atoms with Crippen LogP contribution < -0.4 is 0 Å². The minimum Gasteiger partial charge on any atom is -0.329 e. The fourth-order valence-electron chi connectivity index (χ4n) is 3.35. The molecule has 0 spiro atoms. The molecular formula is C16H21N3O2. The second-order valence-electron chi connectivity index (χ2n) is 5.79. The van der Waals surface area contributed by atoms with Crippen LogP contribution in [0.3, 0.4) is 0 Å². The Labute approximate surface area is 124 Å². The molecule has 1 aromatic heterocycles. The Morgan fingerprint density at radius 1 is 1.33 bits per heavy atom. The fraction of sp³-hybridized carbons (Fsp3) is 0.562. The van der Waals surface area contributed by atoms with Crippen molar-refractivity contribution in [2.45, 2.75) is 51.7 Å². The van der Waals surface area contributed by atoms with Crippen LogP contribution in [0.15, 0.2) is 18.3 Å². The van der Waals surface area contributed by atoms with Gasteiger partial charge in [0, 0.05) is 12.7 Å². The van der Waals surface area contributed by atoms with Gasteiger partial charge >= 0.3 is 0 Å². The zero-order valence-electron chi connectivity index (χ0n) is 12.6. The molecule has 0 N–H and O–H groups in total. The number of pyridine rings is 1. The maximum absolute atomic E-state index is 12.7. The number of amides is 2. The Morgan fingerprint density at radius 3 is 2.90 bits per heavy atom. The summed E-state index contributed by atoms with van der Waals surface area (Å²) >= 11 is 0. The first-order valence-corrected chi connectivity index (χ1v) is 7.67. The molecule has 0 aliphatic carbocycles. The van der Waals surface area contributed by atoms with Crippen molar-refractivity contribution in [2.75, 3.05) is 6.54 Å². The average Bonchev–Trinajstić information content (AvgIpc) is 2.99. The van der Waals surface area contributed by atoms with Crippen LogP contribution in [0, 0.1) is 0 Å². The summed E-state index contributed by atoms with van der Waals surface area (Å²) in [6.45, 7) is 5.05. The second kappa shape index (κ2) is 5.47. The number of carbonyl (C=O) groups is 2. The summed E-state index contributed by atoms with van der Waals surface area (Å²) in [6.07, 6.45) is 4.34. The summed E-state index contributed by atoms with van der Waals surface area (Å²) in [7, 11) is 0. The molecule has 1 aromatic rings. The third kappa shape index (κ3) is 2.30. The molecule has 2 amide bonds. The van der Waals surface area contributed by atoms with E-state index >= 15 is 0 Å². The van der Waals surface area contributed by atoms with Gasteiger partial charge in [0.15, 0.2) is 0 Å². The molecule has 2 aliphatic heterocycles. The van der Waals surface area contributed by atoms with Gasteiger partial charge in [-0.1, -0.05) is 13.0 Å². The van der Waals surface area contributed by atoms with Crippen molar-refractivity contribution in [1.29, 1.82) is 0 Å². The molecule has 3 rings (SSSR count). The molecule has 112 valence electrons. The normalized spacial score (nSPS) is 25.4. The second-order valence-corrected chi connectivity index (χ2v) is 5.79. The van der Waals surface area contributed by atoms with Gasteiger partial charge in [-0.15, -0.1) is 0 Å². The van der Waals surface area contributed by atoms with Crippen molar-refractivity contribution in [3.63, 3.8) is 0 Å². The lowest BCUT2D eigenvalue weighted by atomic mass is 10.0. The van der Waals surface area contributed by atoms with Gasteiger partial charge in [-0.3, -0.25) is 14.6 Å². The predicted molar refractivity (Wildman–Crippen MR) is 78.4 cm³/mol. The van der Waals surface area contributed by atoms with Crippen LogP contribution in [0.25, 0.3) is 0 Å². The molecule has 2 fully saturated rings. The molecular weight excluding hydrogens is 266 g/mol. The van der Waals surface area contributed by atoms with Crippen molar-refractivity contribution in [3.05, 3.63) is 29.6 Å². The summed E-state index contributed by atoms with van der Waals surface area (Å²) in [5.41, 5.74) is 2.04. The molecule has 2 atom stereocenters. The monoisotopic (exact) mass is 287 g/mol. The van der Waals surface area contributed by atoms with E-state index in [9.17, 15) is 9.59 Å². The first kappa shape index (κ1) is 14.0. The highest BCUT2D eigenvalue weighted by Crippen LogP contribution is 2.28. The summed E-state index contributed by atoms with van der Waals surface area (Å²) in [5.74, 6) is 0.151. The Hall–Kier alpha value is -1.91. The van der Waals surface area contributed by atoms with E-state index in [0.717, 1.165) is 37.1 Å². The molecule has 5 nitrogen and oxygen atoms in total. The van der Waals surface area contributed by atoms with Gasteiger partial charge in [0.2, 0.25) is 11.8 Å². The number of fused-ring (bicyclic) bond motifs is 1. The van der Waals surface area contributed by atoms with E-state index in [0.29, 0.717) is 6.54 Å². The number of piperazine rings is 1. The van der Waals surface area contributed by atoms with Crippen LogP contribution >= 0.6 is 0 Å². The number of carbonyl (C=O) groups excluding carboxylic acids is 2. The average molecular weight is 287 g/mol. The minimum absolute atomic E-state index is 0.0751. The molecule has 0 saturated carbocycles. The quantitative estimate of drug-likeness (QED) is 0.843. The van der Waals surface area contributed by atoms with Gasteiger partial charge < -0.3 is 9.80 Å². The minimum atomic E-state index is -0.390. The van der Waals surface area contributed by atoms with Crippen LogP contribution in [0.2, 0.25) is 0 Å². The van der Waals surface area contributed by atoms with Crippen LogP contribution in [0.1, 0.15) is 37.9 Å². The van der Waals surface area contributed by atoms with Crippen LogP contribution in [0.5, 0.6) is 0 Å². The summed E-state index contributed by atoms with van der Waals surface area (Å²) in [4.78, 5) is 33.0. The summed E-state index contributed by atoms with van der Waals surface area (Å²) in [5, 5.41) is 0. The molecule has 2 unspecified atom stereocenters. The Kier molecular flexibility index (Phi) is 3.66. The van der Waals surface area contributed by atoms with E-state index < -0.39 is 6.04 Å². The molecule has 0 radical (unpaired) electrons. The summed E-state index contributed by atoms with van der Waals surface area (Å²) < 4.78 is 0. The van der Waals surface area contributed by atoms with Gasteiger partial charge in [0.1, 0.15) is 12.1 Å². The Bertz CT molecular complexity index is 572. The lowest BCUT2D eigenvalue weighted by Crippen LogP contribution is -2.61. The van der Waals surface area contributed by atoms with Crippen LogP contribution in [-0.4, -0.2) is 45.2 Å². The molecule has 0 bridgehead atoms. The predicted octanol–water partition coefficient (Wildman–Crippen LogP) is 1.37. The van der Waals surface area contributed by atoms with E-state index in [1.54, 1.807) is 16.0 Å². The molecule has 5 heteroatoms. The van der Waals surface area contributed by atoms with Crippen LogP contribution in [0.4, 0.5) is 0 Å². The van der Waals surface area contributed by atoms with Gasteiger partial charge in [-0.2, -0.15) is 0 Å². The van der Waals surface area contributed by atoms with Crippen molar-refractivity contribution < 1.29 is 9.59 Å². The third-order valence-electron chi connectivity index (χ3n) is 4.61. The highest BCUT2D eigenvalue weighted by Gasteiger charge is 2.45. The lowest BCUT2D eigenvalue weighted by molar-refractivity contribution is -0.159. The van der Waals surface area contributed by atoms with Gasteiger partial charge in [-0.05, 0) is 37.8 Å². The SMILES string of the molecule is CCc1cccnc1CN1C(=O)C2CCCN2C(=O)C1C. The molecule has 21 heavy (non-hydrogen) atoms. The Morgan fingerprint density at radius 2 is 2.14 bits per heavy atom. The number of aryl methyl sites for hydroxylation is 1. The number of rotatable bonds is 3. The first-order valence-electron chi connectivity index (χ1n) is 7.67. The van der Waals surface area contributed by atoms with Gasteiger partial charge in [-0.25, -0.2) is 0 Å². The number of hydrogen-bond acceptors (Lipinski definition) is 3. The largest absolute Gasteiger partial charge is 0.329 e. The highest BCUT2D eigenvalue weighted by molar-refractivity contribution is 5.97. The zero-order chi connectivity index (χ0) is 15.0. The van der Waals surface area contributed by atoms with E-state index in [1.165, 1.54) is 0 Å². The molecule has 0 aromatic carbocycles. The Balaban J connectivity index is 1.87. The number of nitrogens with zero attached hydrogens (tertiary/aromatic N) is 3. The summed E-state index contributed by atoms with van der Waals surface area (Å²) in [6, 6.07) is 3.31. The topological polar surface area (TPSA) is 53.5 Å². The van der Waals surface area contributed by atoms with E-state index in [1.807, 2.05) is 19.1 Å². The number of aromatic nitrogens is 1. The zero-order valence-corrected chi connectivity index (χ0v) is 12.6. The first-order chi connectivity index (χ1) is 10.1. The third-order valence-corrected chi connectivity index (χ3v) is 4.61. The van der Waals surface area contributed by atoms with Crippen molar-refractivity contribution in [3.8, 4) is 0 Å². The molecule has 2 saturated heterocycles. The number of hydrogen-bond donors (Lipinski definition) is 0. The van der Waals surface area contributed by atoms with Crippen molar-refractivity contribution in [1.82, 2.24) is 14.8 Å². The van der Waals surface area contributed by atoms with Gasteiger partial charge in [0.25, 0.3) is 0 Å². The van der Waals surface area contributed by atoms with Crippen molar-refractivity contribution >= 4 is 11.8 Å². The van der Waals surface area contributed by atoms with E-state index in [2.05, 4.69) is 11.9 Å².